The van der Waals surface area contributed by atoms with Crippen molar-refractivity contribution < 1.29 is 23.3 Å². The van der Waals surface area contributed by atoms with Crippen molar-refractivity contribution in [2.24, 2.45) is 29.2 Å². The number of hydrogen-bond acceptors (Lipinski definition) is 7. The summed E-state index contributed by atoms with van der Waals surface area (Å²) in [4.78, 5) is 30.0. The van der Waals surface area contributed by atoms with Gasteiger partial charge in [-0.1, -0.05) is 43.7 Å². The molecule has 2 amide bonds. The summed E-state index contributed by atoms with van der Waals surface area (Å²) in [6.07, 6.45) is 12.0. The topological polar surface area (TPSA) is 115 Å². The Balaban J connectivity index is 1.31. The van der Waals surface area contributed by atoms with E-state index < -0.39 is 21.7 Å². The Bertz CT molecular complexity index is 1990. The van der Waals surface area contributed by atoms with E-state index in [0.29, 0.717) is 53.9 Å². The predicted molar refractivity (Wildman–Crippen MR) is 200 cm³/mol. The van der Waals surface area contributed by atoms with Crippen LogP contribution in [-0.4, -0.2) is 64.5 Å². The second-order valence-corrected chi connectivity index (χ2v) is 17.3. The van der Waals surface area contributed by atoms with Gasteiger partial charge in [0.05, 0.1) is 35.4 Å². The summed E-state index contributed by atoms with van der Waals surface area (Å²) >= 11 is 6.46. The predicted octanol–water partition coefficient (Wildman–Crippen LogP) is 6.70. The number of aromatic nitrogens is 2. The molecule has 1 fully saturated rings. The number of rotatable bonds is 4. The summed E-state index contributed by atoms with van der Waals surface area (Å²) in [7, 11) is -0.0364. The first kappa shape index (κ1) is 35.7. The monoisotopic (exact) mass is 733 g/mol. The standard InChI is InChI=1S/C39H48ClN5O5S/c1-5-33-31(21-44(3)41-33)38(47)43-51(48)22-25(2)8-6-10-35(49-4)30-14-11-28(30)20-45-23-39(17-7-9-26-18-29(40)13-15-32(26)39)24-50-36-16-12-27(19-34(36)45)37(46)42-51/h6,10,12-13,15-16,18-19,21,25,28,30,35H,5,7-9,11,14,17,20,22-24H2,1-4H3,(H,42,43,46,47,48)/b10-6+/t25-,28-,30+,35-,39-,51-/m0/s1. The van der Waals surface area contributed by atoms with E-state index in [1.807, 2.05) is 32.0 Å². The van der Waals surface area contributed by atoms with Crippen LogP contribution in [0.3, 0.4) is 0 Å². The van der Waals surface area contributed by atoms with E-state index in [2.05, 4.69) is 43.4 Å². The number of allylic oxidation sites excluding steroid dienone is 1. The third kappa shape index (κ3) is 7.22. The molecule has 272 valence electrons. The number of benzene rings is 2. The second kappa shape index (κ2) is 14.4. The van der Waals surface area contributed by atoms with E-state index in [1.165, 1.54) is 11.1 Å². The summed E-state index contributed by atoms with van der Waals surface area (Å²) in [6, 6.07) is 11.6. The average molecular weight is 734 g/mol. The molecule has 1 spiro atoms. The molecule has 2 aliphatic carbocycles. The zero-order valence-corrected chi connectivity index (χ0v) is 31.5. The number of aryl methyl sites for hydroxylation is 3. The minimum atomic E-state index is -3.54. The van der Waals surface area contributed by atoms with E-state index >= 15 is 0 Å². The molecule has 0 radical (unpaired) electrons. The molecule has 0 saturated heterocycles. The number of methoxy groups -OCH3 is 1. The van der Waals surface area contributed by atoms with Crippen LogP contribution in [0.5, 0.6) is 5.75 Å². The number of carbonyl (C=O) groups is 2. The van der Waals surface area contributed by atoms with Crippen LogP contribution in [0.15, 0.2) is 59.1 Å². The number of nitrogens with one attached hydrogen (secondary N) is 1. The van der Waals surface area contributed by atoms with Crippen LogP contribution < -0.4 is 14.4 Å². The summed E-state index contributed by atoms with van der Waals surface area (Å²) in [5.41, 5.74) is 4.31. The number of nitrogens with zero attached hydrogens (tertiary/aromatic N) is 4. The van der Waals surface area contributed by atoms with Crippen molar-refractivity contribution in [2.75, 3.05) is 37.5 Å². The largest absolute Gasteiger partial charge is 0.490 e. The summed E-state index contributed by atoms with van der Waals surface area (Å²) in [5, 5.41) is 5.11. The first-order valence-electron chi connectivity index (χ1n) is 18.1. The molecule has 3 heterocycles. The lowest BCUT2D eigenvalue weighted by atomic mass is 9.68. The van der Waals surface area contributed by atoms with Crippen molar-refractivity contribution in [3.63, 3.8) is 0 Å². The van der Waals surface area contributed by atoms with Gasteiger partial charge < -0.3 is 14.4 Å². The van der Waals surface area contributed by atoms with Gasteiger partial charge in [-0.15, -0.1) is 4.36 Å². The minimum absolute atomic E-state index is 0.00631. The van der Waals surface area contributed by atoms with Crippen LogP contribution in [0.25, 0.3) is 0 Å². The van der Waals surface area contributed by atoms with Crippen LogP contribution in [0, 0.1) is 17.8 Å². The molecular formula is C39H48ClN5O5S. The normalized spacial score (nSPS) is 29.8. The van der Waals surface area contributed by atoms with E-state index in [1.54, 1.807) is 31.1 Å². The maximum Gasteiger partial charge on any atom is 0.286 e. The molecule has 7 rings (SSSR count). The lowest BCUT2D eigenvalue weighted by Gasteiger charge is -2.46. The molecule has 3 aromatic rings. The SMILES string of the molecule is CCc1nn(C)cc1C(=O)N[S@@]1(=O)=NC(=O)c2ccc3c(c2)N(C[C@@H]2CC[C@H]2[C@@H](OC)/C=C/C[C@H](C)C1)C[C@@]1(CCCc2cc(Cl)ccc21)CO3. The summed E-state index contributed by atoms with van der Waals surface area (Å²) in [6.45, 7) is 5.87. The highest BCUT2D eigenvalue weighted by Crippen LogP contribution is 2.47. The fourth-order valence-electron chi connectivity index (χ4n) is 8.55. The van der Waals surface area contributed by atoms with Gasteiger partial charge in [0.1, 0.15) is 15.7 Å². The van der Waals surface area contributed by atoms with Crippen molar-refractivity contribution in [2.45, 2.75) is 70.3 Å². The Kier molecular flexibility index (Phi) is 10.1. The van der Waals surface area contributed by atoms with Crippen LogP contribution in [0.1, 0.15) is 83.5 Å². The maximum atomic E-state index is 14.6. The number of amides is 2. The molecule has 51 heavy (non-hydrogen) atoms. The number of carbonyl (C=O) groups excluding carboxylic acids is 2. The van der Waals surface area contributed by atoms with Crippen molar-refractivity contribution >= 4 is 39.0 Å². The molecule has 10 nitrogen and oxygen atoms in total. The van der Waals surface area contributed by atoms with Crippen LogP contribution in [0.2, 0.25) is 5.02 Å². The fourth-order valence-corrected chi connectivity index (χ4v) is 10.6. The molecule has 1 N–H and O–H groups in total. The second-order valence-electron chi connectivity index (χ2n) is 14.9. The fraction of sp³-hybridized carbons (Fsp3) is 0.513. The lowest BCUT2D eigenvalue weighted by molar-refractivity contribution is 0.0131. The molecule has 0 unspecified atom stereocenters. The highest BCUT2D eigenvalue weighted by molar-refractivity contribution is 7.92. The van der Waals surface area contributed by atoms with Gasteiger partial charge in [0.25, 0.3) is 11.8 Å². The number of ether oxygens (including phenoxy) is 2. The molecule has 2 aliphatic heterocycles. The van der Waals surface area contributed by atoms with Gasteiger partial charge in [-0.05, 0) is 104 Å². The Morgan fingerprint density at radius 3 is 2.82 bits per heavy atom. The van der Waals surface area contributed by atoms with E-state index in [-0.39, 0.29) is 23.2 Å². The zero-order valence-electron chi connectivity index (χ0n) is 29.9. The highest BCUT2D eigenvalue weighted by atomic mass is 35.5. The Morgan fingerprint density at radius 1 is 1.22 bits per heavy atom. The van der Waals surface area contributed by atoms with Gasteiger partial charge in [0, 0.05) is 49.4 Å². The van der Waals surface area contributed by atoms with Crippen LogP contribution in [0.4, 0.5) is 5.69 Å². The van der Waals surface area contributed by atoms with Gasteiger partial charge in [0.2, 0.25) is 0 Å². The summed E-state index contributed by atoms with van der Waals surface area (Å²) < 4.78 is 35.9. The number of hydrogen-bond donors (Lipinski definition) is 1. The van der Waals surface area contributed by atoms with E-state index in [9.17, 15) is 13.8 Å². The first-order valence-corrected chi connectivity index (χ1v) is 20.2. The number of halogens is 1. The highest BCUT2D eigenvalue weighted by Gasteiger charge is 2.44. The smallest absolute Gasteiger partial charge is 0.286 e. The van der Waals surface area contributed by atoms with Crippen molar-refractivity contribution in [3.05, 3.63) is 87.7 Å². The van der Waals surface area contributed by atoms with Gasteiger partial charge in [-0.3, -0.25) is 19.0 Å². The average Bonchev–Trinajstić information content (AvgIpc) is 3.40. The Hall–Kier alpha value is -3.67. The van der Waals surface area contributed by atoms with Crippen LogP contribution in [-0.2, 0) is 40.0 Å². The number of anilines is 1. The summed E-state index contributed by atoms with van der Waals surface area (Å²) in [5.74, 6) is 0.0917. The third-order valence-corrected chi connectivity index (χ3v) is 13.5. The van der Waals surface area contributed by atoms with Crippen molar-refractivity contribution in [1.82, 2.24) is 14.5 Å². The third-order valence-electron chi connectivity index (χ3n) is 11.3. The molecule has 1 aromatic heterocycles. The minimum Gasteiger partial charge on any atom is -0.490 e. The molecule has 6 atom stereocenters. The van der Waals surface area contributed by atoms with Gasteiger partial charge >= 0.3 is 0 Å². The molecule has 1 saturated carbocycles. The molecule has 2 bridgehead atoms. The van der Waals surface area contributed by atoms with E-state index in [4.69, 9.17) is 21.1 Å². The Morgan fingerprint density at radius 2 is 2.06 bits per heavy atom. The molecule has 2 aromatic carbocycles. The van der Waals surface area contributed by atoms with E-state index in [0.717, 1.165) is 55.9 Å². The Labute approximate surface area is 306 Å². The van der Waals surface area contributed by atoms with Crippen molar-refractivity contribution in [3.8, 4) is 5.75 Å². The number of fused-ring (bicyclic) bond motifs is 4. The molecule has 4 aliphatic rings. The van der Waals surface area contributed by atoms with Gasteiger partial charge in [-0.2, -0.15) is 5.10 Å². The lowest BCUT2D eigenvalue weighted by Crippen LogP contribution is -2.49. The zero-order chi connectivity index (χ0) is 35.9. The van der Waals surface area contributed by atoms with Crippen molar-refractivity contribution in [1.29, 1.82) is 0 Å². The first-order chi connectivity index (χ1) is 24.5. The quantitative estimate of drug-likeness (QED) is 0.297. The van der Waals surface area contributed by atoms with Crippen LogP contribution >= 0.6 is 11.6 Å². The maximum absolute atomic E-state index is 14.6. The molecule has 12 heteroatoms. The van der Waals surface area contributed by atoms with Gasteiger partial charge in [0.15, 0.2) is 0 Å². The molecular weight excluding hydrogens is 686 g/mol. The van der Waals surface area contributed by atoms with Gasteiger partial charge in [-0.25, -0.2) is 4.21 Å².